The van der Waals surface area contributed by atoms with E-state index in [1.165, 1.54) is 0 Å². The van der Waals surface area contributed by atoms with Crippen LogP contribution in [0.25, 0.3) is 0 Å². The van der Waals surface area contributed by atoms with E-state index < -0.39 is 26.1 Å². The second-order valence-electron chi connectivity index (χ2n) is 4.03. The number of rotatable bonds is 9. The minimum absolute atomic E-state index is 0. The summed E-state index contributed by atoms with van der Waals surface area (Å²) in [4.78, 5) is 35.1. The fraction of sp³-hybridized carbons (Fsp3) is 0.750. The summed E-state index contributed by atoms with van der Waals surface area (Å²) < 4.78 is 21.6. The van der Waals surface area contributed by atoms with E-state index in [9.17, 15) is 9.13 Å². The van der Waals surface area contributed by atoms with E-state index in [1.807, 2.05) is 0 Å². The van der Waals surface area contributed by atoms with Gasteiger partial charge in [-0.25, -0.2) is 0 Å². The molecule has 14 heteroatoms. The Morgan fingerprint density at radius 1 is 0.682 bits per heavy atom. The van der Waals surface area contributed by atoms with Gasteiger partial charge in [-0.15, -0.1) is 0 Å². The van der Waals surface area contributed by atoms with Crippen LogP contribution < -0.4 is 0 Å². The quantitative estimate of drug-likeness (QED) is 0.0805. The van der Waals surface area contributed by atoms with E-state index in [0.29, 0.717) is 25.7 Å². The summed E-state index contributed by atoms with van der Waals surface area (Å²) in [5.74, 6) is 0. The maximum absolute atomic E-state index is 10.8. The Kier molecular flexibility index (Phi) is 17.2. The molecule has 0 saturated carbocycles. The summed E-state index contributed by atoms with van der Waals surface area (Å²) in [5, 5.41) is 21.9. The van der Waals surface area contributed by atoms with Crippen molar-refractivity contribution in [3.05, 3.63) is 0 Å². The normalized spacial score (nSPS) is 13.3. The first-order chi connectivity index (χ1) is 9.12. The molecule has 10 nitrogen and oxygen atoms in total. The number of unbranched alkanes of at least 4 members (excludes halogenated alkanes) is 3. The van der Waals surface area contributed by atoms with Crippen LogP contribution in [0.5, 0.6) is 0 Å². The van der Waals surface area contributed by atoms with Crippen molar-refractivity contribution >= 4 is 85.2 Å². The third-order valence-electron chi connectivity index (χ3n) is 2.45. The predicted molar refractivity (Wildman–Crippen MR) is 84.5 cm³/mol. The SMILES string of the molecule is O=P(O)(O)/C(CCCCCC/C(=N/O)P(=O)(O)O)=N\O.[NaH].[NaH]. The molecule has 0 bridgehead atoms. The summed E-state index contributed by atoms with van der Waals surface area (Å²) in [6, 6.07) is 0. The second-order valence-corrected chi connectivity index (χ2v) is 7.24. The molecule has 0 unspecified atom stereocenters. The summed E-state index contributed by atoms with van der Waals surface area (Å²) in [5.41, 5.74) is -1.18. The van der Waals surface area contributed by atoms with Gasteiger partial charge < -0.3 is 30.0 Å². The van der Waals surface area contributed by atoms with Gasteiger partial charge in [0, 0.05) is 12.8 Å². The molecule has 0 amide bonds. The van der Waals surface area contributed by atoms with Gasteiger partial charge in [0.2, 0.25) is 0 Å². The second kappa shape index (κ2) is 13.5. The fourth-order valence-electron chi connectivity index (χ4n) is 1.43. The minimum atomic E-state index is -4.53. The van der Waals surface area contributed by atoms with Crippen LogP contribution in [0.1, 0.15) is 38.5 Å². The van der Waals surface area contributed by atoms with Crippen LogP contribution in [0.4, 0.5) is 0 Å². The number of nitrogens with zero attached hydrogens (tertiary/aromatic N) is 2. The van der Waals surface area contributed by atoms with Crippen LogP contribution in [0.3, 0.4) is 0 Å². The van der Waals surface area contributed by atoms with Gasteiger partial charge in [-0.1, -0.05) is 23.2 Å². The Morgan fingerprint density at radius 3 is 1.14 bits per heavy atom. The monoisotopic (exact) mass is 380 g/mol. The zero-order valence-corrected chi connectivity index (χ0v) is 12.3. The zero-order valence-electron chi connectivity index (χ0n) is 10.5. The molecule has 0 aromatic rings. The number of hydrogen-bond donors (Lipinski definition) is 6. The molecule has 22 heavy (non-hydrogen) atoms. The van der Waals surface area contributed by atoms with Crippen molar-refractivity contribution in [3.8, 4) is 0 Å². The van der Waals surface area contributed by atoms with Crippen LogP contribution >= 0.6 is 15.2 Å². The van der Waals surface area contributed by atoms with Crippen LogP contribution in [0.2, 0.25) is 0 Å². The maximum atomic E-state index is 10.8. The van der Waals surface area contributed by atoms with Gasteiger partial charge in [-0.3, -0.25) is 9.13 Å². The Labute approximate surface area is 172 Å². The number of hydrogen-bond acceptors (Lipinski definition) is 6. The fourth-order valence-corrected chi connectivity index (χ4v) is 2.56. The van der Waals surface area contributed by atoms with E-state index >= 15 is 0 Å². The van der Waals surface area contributed by atoms with Gasteiger partial charge >= 0.3 is 74.3 Å². The molecule has 0 aliphatic heterocycles. The van der Waals surface area contributed by atoms with E-state index in [1.54, 1.807) is 0 Å². The van der Waals surface area contributed by atoms with Crippen molar-refractivity contribution in [2.45, 2.75) is 38.5 Å². The molecule has 0 aromatic carbocycles. The summed E-state index contributed by atoms with van der Waals surface area (Å²) >= 11 is 0. The van der Waals surface area contributed by atoms with Gasteiger partial charge in [0.1, 0.15) is 0 Å². The molecule has 0 aliphatic rings. The van der Waals surface area contributed by atoms with Gasteiger partial charge in [-0.2, -0.15) is 0 Å². The third-order valence-corrected chi connectivity index (χ3v) is 4.43. The molecule has 0 atom stereocenters. The molecular formula is C8H20N2Na2O8P2. The molecule has 0 radical (unpaired) electrons. The molecule has 6 N–H and O–H groups in total. The van der Waals surface area contributed by atoms with Crippen molar-refractivity contribution in [1.29, 1.82) is 0 Å². The van der Waals surface area contributed by atoms with E-state index in [2.05, 4.69) is 10.3 Å². The topological polar surface area (TPSA) is 180 Å². The molecule has 122 valence electrons. The van der Waals surface area contributed by atoms with Crippen LogP contribution in [-0.4, -0.2) is 100 Å². The Bertz CT molecular complexity index is 419. The van der Waals surface area contributed by atoms with Gasteiger partial charge in [0.05, 0.1) is 0 Å². The van der Waals surface area contributed by atoms with Crippen LogP contribution in [-0.2, 0) is 9.13 Å². The first-order valence-corrected chi connectivity index (χ1v) is 8.89. The Morgan fingerprint density at radius 2 is 0.955 bits per heavy atom. The van der Waals surface area contributed by atoms with Crippen LogP contribution in [0.15, 0.2) is 10.3 Å². The van der Waals surface area contributed by atoms with Crippen LogP contribution in [0, 0.1) is 0 Å². The van der Waals surface area contributed by atoms with Gasteiger partial charge in [0.25, 0.3) is 0 Å². The average molecular weight is 380 g/mol. The molecule has 0 saturated heterocycles. The molecule has 0 spiro atoms. The molecule has 0 aromatic heterocycles. The van der Waals surface area contributed by atoms with E-state index in [0.717, 1.165) is 0 Å². The van der Waals surface area contributed by atoms with Crippen molar-refractivity contribution in [1.82, 2.24) is 0 Å². The van der Waals surface area contributed by atoms with E-state index in [-0.39, 0.29) is 72.0 Å². The summed E-state index contributed by atoms with van der Waals surface area (Å²) in [7, 11) is -9.06. The van der Waals surface area contributed by atoms with Crippen molar-refractivity contribution < 1.29 is 39.1 Å². The van der Waals surface area contributed by atoms with Crippen molar-refractivity contribution in [3.63, 3.8) is 0 Å². The summed E-state index contributed by atoms with van der Waals surface area (Å²) in [6.45, 7) is 0. The molecule has 0 rings (SSSR count). The molecule has 0 heterocycles. The predicted octanol–water partition coefficient (Wildman–Crippen LogP) is -0.0392. The molecule has 0 aliphatic carbocycles. The average Bonchev–Trinajstić information content (AvgIpc) is 2.29. The van der Waals surface area contributed by atoms with Gasteiger partial charge in [-0.05, 0) is 12.8 Å². The zero-order chi connectivity index (χ0) is 15.8. The van der Waals surface area contributed by atoms with Crippen molar-refractivity contribution in [2.75, 3.05) is 0 Å². The number of oxime groups is 2. The first-order valence-electron chi connectivity index (χ1n) is 5.67. The Balaban J connectivity index is -0.00000180. The van der Waals surface area contributed by atoms with E-state index in [4.69, 9.17) is 30.0 Å². The summed E-state index contributed by atoms with van der Waals surface area (Å²) in [6.07, 6.45) is 1.59. The third kappa shape index (κ3) is 12.6. The first kappa shape index (κ1) is 28.1. The Hall–Kier alpha value is 1.24. The van der Waals surface area contributed by atoms with Gasteiger partial charge in [0.15, 0.2) is 10.9 Å². The van der Waals surface area contributed by atoms with Crippen molar-refractivity contribution in [2.24, 2.45) is 10.3 Å². The molecule has 0 fully saturated rings. The molecular weight excluding hydrogens is 360 g/mol. The standard InChI is InChI=1S/C8H18N2O8P2.2Na.2H/c11-9-7(19(13,14)15)5-3-1-2-4-6-8(10-12)20(16,17)18;;;;/h11-12H,1-6H2,(H2,13,14,15)(H2,16,17,18);;;;/b9-7-,10-8-;;;;.